The van der Waals surface area contributed by atoms with Crippen molar-refractivity contribution >= 4 is 10.2 Å². The Balaban J connectivity index is 1.52. The van der Waals surface area contributed by atoms with Crippen molar-refractivity contribution in [1.29, 1.82) is 0 Å². The van der Waals surface area contributed by atoms with E-state index in [1.54, 1.807) is 8.61 Å². The molecule has 0 radical (unpaired) electrons. The summed E-state index contributed by atoms with van der Waals surface area (Å²) in [7, 11) is -3.33. The fraction of sp³-hybridized carbons (Fsp3) is 0.625. The Labute approximate surface area is 132 Å². The van der Waals surface area contributed by atoms with Gasteiger partial charge in [-0.1, -0.05) is 24.3 Å². The third kappa shape index (κ3) is 2.48. The van der Waals surface area contributed by atoms with Crippen LogP contribution in [0.5, 0.6) is 0 Å². The van der Waals surface area contributed by atoms with E-state index in [9.17, 15) is 8.42 Å². The number of benzene rings is 1. The van der Waals surface area contributed by atoms with E-state index < -0.39 is 10.2 Å². The fourth-order valence-electron chi connectivity index (χ4n) is 4.05. The first-order chi connectivity index (χ1) is 10.6. The van der Waals surface area contributed by atoms with E-state index >= 15 is 0 Å². The van der Waals surface area contributed by atoms with Crippen LogP contribution in [0.2, 0.25) is 0 Å². The summed E-state index contributed by atoms with van der Waals surface area (Å²) in [6.07, 6.45) is 2.85. The highest BCUT2D eigenvalue weighted by atomic mass is 32.2. The maximum Gasteiger partial charge on any atom is 0.282 e. The zero-order valence-electron chi connectivity index (χ0n) is 12.7. The van der Waals surface area contributed by atoms with Gasteiger partial charge in [0, 0.05) is 32.2 Å². The van der Waals surface area contributed by atoms with E-state index in [2.05, 4.69) is 11.4 Å². The predicted molar refractivity (Wildman–Crippen MR) is 85.6 cm³/mol. The molecular formula is C16H23N3O2S. The average molecular weight is 321 g/mol. The van der Waals surface area contributed by atoms with Gasteiger partial charge < -0.3 is 5.32 Å². The third-order valence-corrected chi connectivity index (χ3v) is 7.32. The van der Waals surface area contributed by atoms with E-state index in [0.29, 0.717) is 38.1 Å². The lowest BCUT2D eigenvalue weighted by Gasteiger charge is -2.38. The minimum absolute atomic E-state index is 0.487. The number of hydrogen-bond donors (Lipinski definition) is 1. The molecule has 4 rings (SSSR count). The van der Waals surface area contributed by atoms with Gasteiger partial charge in [-0.15, -0.1) is 0 Å². The minimum Gasteiger partial charge on any atom is -0.314 e. The first kappa shape index (κ1) is 14.6. The molecule has 2 fully saturated rings. The van der Waals surface area contributed by atoms with Crippen molar-refractivity contribution in [2.24, 2.45) is 5.92 Å². The highest BCUT2D eigenvalue weighted by Crippen LogP contribution is 2.29. The van der Waals surface area contributed by atoms with Crippen LogP contribution in [0.15, 0.2) is 24.3 Å². The van der Waals surface area contributed by atoms with E-state index in [1.165, 1.54) is 5.56 Å². The summed E-state index contributed by atoms with van der Waals surface area (Å²) in [5.74, 6) is 0.487. The van der Waals surface area contributed by atoms with Crippen molar-refractivity contribution in [2.45, 2.75) is 31.8 Å². The normalized spacial score (nSPS) is 30.0. The molecule has 0 spiro atoms. The van der Waals surface area contributed by atoms with Crippen LogP contribution in [0.4, 0.5) is 0 Å². The number of nitrogens with zero attached hydrogens (tertiary/aromatic N) is 2. The number of piperidine rings is 1. The molecule has 0 saturated carbocycles. The van der Waals surface area contributed by atoms with Crippen LogP contribution in [0.3, 0.4) is 0 Å². The standard InChI is InChI=1S/C16H23N3O2S/c20-22(21,19-10-7-16-15(12-19)5-8-17-16)18-9-6-13-3-1-2-4-14(13)11-18/h1-4,15-17H,5-12H2. The topological polar surface area (TPSA) is 52.7 Å². The second-order valence-corrected chi connectivity index (χ2v) is 8.54. The maximum absolute atomic E-state index is 13.0. The lowest BCUT2D eigenvalue weighted by Crippen LogP contribution is -2.52. The van der Waals surface area contributed by atoms with Crippen LogP contribution >= 0.6 is 0 Å². The van der Waals surface area contributed by atoms with Crippen LogP contribution < -0.4 is 5.32 Å². The predicted octanol–water partition coefficient (Wildman–Crippen LogP) is 0.973. The molecule has 3 aliphatic heterocycles. The lowest BCUT2D eigenvalue weighted by molar-refractivity contribution is 0.228. The first-order valence-electron chi connectivity index (χ1n) is 8.20. The second-order valence-electron chi connectivity index (χ2n) is 6.62. The fourth-order valence-corrected chi connectivity index (χ4v) is 5.72. The monoisotopic (exact) mass is 321 g/mol. The molecule has 1 N–H and O–H groups in total. The Kier molecular flexibility index (Phi) is 3.72. The summed E-state index contributed by atoms with van der Waals surface area (Å²) in [6, 6.07) is 8.69. The molecular weight excluding hydrogens is 298 g/mol. The van der Waals surface area contributed by atoms with Gasteiger partial charge in [0.1, 0.15) is 0 Å². The van der Waals surface area contributed by atoms with Gasteiger partial charge in [0.05, 0.1) is 0 Å². The molecule has 3 heterocycles. The van der Waals surface area contributed by atoms with Gasteiger partial charge in [0.25, 0.3) is 10.2 Å². The molecule has 1 aromatic rings. The summed E-state index contributed by atoms with van der Waals surface area (Å²) in [6.45, 7) is 3.47. The third-order valence-electron chi connectivity index (χ3n) is 5.37. The lowest BCUT2D eigenvalue weighted by atomic mass is 9.95. The Morgan fingerprint density at radius 2 is 1.86 bits per heavy atom. The molecule has 22 heavy (non-hydrogen) atoms. The Bertz CT molecular complexity index is 661. The van der Waals surface area contributed by atoms with Crippen molar-refractivity contribution in [2.75, 3.05) is 26.2 Å². The SMILES string of the molecule is O=S(=O)(N1CCc2ccccc2C1)N1CCC2NCCC2C1. The van der Waals surface area contributed by atoms with Crippen molar-refractivity contribution in [3.05, 3.63) is 35.4 Å². The molecule has 0 aromatic heterocycles. The molecule has 0 amide bonds. The smallest absolute Gasteiger partial charge is 0.282 e. The molecule has 1 aromatic carbocycles. The van der Waals surface area contributed by atoms with Gasteiger partial charge in [0.2, 0.25) is 0 Å². The van der Waals surface area contributed by atoms with E-state index in [-0.39, 0.29) is 0 Å². The number of nitrogens with one attached hydrogen (secondary N) is 1. The largest absolute Gasteiger partial charge is 0.314 e. The van der Waals surface area contributed by atoms with Crippen LogP contribution in [0.1, 0.15) is 24.0 Å². The first-order valence-corrected chi connectivity index (χ1v) is 9.60. The van der Waals surface area contributed by atoms with E-state index in [1.807, 2.05) is 18.2 Å². The van der Waals surface area contributed by atoms with Gasteiger partial charge in [-0.3, -0.25) is 0 Å². The molecule has 5 nitrogen and oxygen atoms in total. The molecule has 2 unspecified atom stereocenters. The number of rotatable bonds is 2. The van der Waals surface area contributed by atoms with E-state index in [0.717, 1.165) is 31.4 Å². The molecule has 3 aliphatic rings. The van der Waals surface area contributed by atoms with Crippen LogP contribution in [0.25, 0.3) is 0 Å². The van der Waals surface area contributed by atoms with Gasteiger partial charge in [-0.05, 0) is 42.9 Å². The average Bonchev–Trinajstić information content (AvgIpc) is 3.02. The van der Waals surface area contributed by atoms with Crippen molar-refractivity contribution in [1.82, 2.24) is 13.9 Å². The van der Waals surface area contributed by atoms with Crippen molar-refractivity contribution in [3.63, 3.8) is 0 Å². The zero-order valence-corrected chi connectivity index (χ0v) is 13.6. The van der Waals surface area contributed by atoms with Gasteiger partial charge in [-0.2, -0.15) is 17.0 Å². The van der Waals surface area contributed by atoms with E-state index in [4.69, 9.17) is 0 Å². The van der Waals surface area contributed by atoms with Gasteiger partial charge in [0.15, 0.2) is 0 Å². The minimum atomic E-state index is -3.33. The summed E-state index contributed by atoms with van der Waals surface area (Å²) >= 11 is 0. The van der Waals surface area contributed by atoms with Crippen LogP contribution in [0, 0.1) is 5.92 Å². The summed E-state index contributed by atoms with van der Waals surface area (Å²) in [5, 5.41) is 3.49. The molecule has 120 valence electrons. The summed E-state index contributed by atoms with van der Waals surface area (Å²) in [4.78, 5) is 0. The number of hydrogen-bond acceptors (Lipinski definition) is 3. The molecule has 2 atom stereocenters. The zero-order chi connectivity index (χ0) is 15.2. The Morgan fingerprint density at radius 1 is 1.05 bits per heavy atom. The van der Waals surface area contributed by atoms with Crippen molar-refractivity contribution < 1.29 is 8.42 Å². The molecule has 2 saturated heterocycles. The quantitative estimate of drug-likeness (QED) is 0.883. The number of fused-ring (bicyclic) bond motifs is 2. The highest BCUT2D eigenvalue weighted by molar-refractivity contribution is 7.86. The van der Waals surface area contributed by atoms with Gasteiger partial charge in [-0.25, -0.2) is 0 Å². The maximum atomic E-state index is 13.0. The second kappa shape index (κ2) is 5.60. The molecule has 0 bridgehead atoms. The van der Waals surface area contributed by atoms with Crippen molar-refractivity contribution in [3.8, 4) is 0 Å². The van der Waals surface area contributed by atoms with Gasteiger partial charge >= 0.3 is 0 Å². The van der Waals surface area contributed by atoms with Crippen LogP contribution in [-0.2, 0) is 23.2 Å². The molecule has 6 heteroatoms. The van der Waals surface area contributed by atoms with Crippen LogP contribution in [-0.4, -0.2) is 49.2 Å². The summed E-state index contributed by atoms with van der Waals surface area (Å²) in [5.41, 5.74) is 2.43. The highest BCUT2D eigenvalue weighted by Gasteiger charge is 2.40. The Morgan fingerprint density at radius 3 is 2.73 bits per heavy atom. The molecule has 0 aliphatic carbocycles. The summed E-state index contributed by atoms with van der Waals surface area (Å²) < 4.78 is 29.3. The Hall–Kier alpha value is -0.950.